The second-order valence-electron chi connectivity index (χ2n) is 7.16. The fourth-order valence-corrected chi connectivity index (χ4v) is 4.86. The lowest BCUT2D eigenvalue weighted by atomic mass is 10.1. The second-order valence-corrected chi connectivity index (χ2v) is 8.16. The molecule has 0 unspecified atom stereocenters. The molecule has 1 N–H and O–H groups in total. The molecule has 2 aliphatic rings. The summed E-state index contributed by atoms with van der Waals surface area (Å²) in [4.78, 5) is 26.8. The van der Waals surface area contributed by atoms with Crippen molar-refractivity contribution in [2.24, 2.45) is 0 Å². The fourth-order valence-electron chi connectivity index (χ4n) is 3.67. The van der Waals surface area contributed by atoms with Crippen LogP contribution in [-0.4, -0.2) is 41.0 Å². The number of hydrogen-bond acceptors (Lipinski definition) is 4. The lowest BCUT2D eigenvalue weighted by molar-refractivity contribution is -0.139. The van der Waals surface area contributed by atoms with E-state index in [0.29, 0.717) is 18.2 Å². The van der Waals surface area contributed by atoms with Gasteiger partial charge in [0.05, 0.1) is 5.88 Å². The van der Waals surface area contributed by atoms with Gasteiger partial charge in [-0.25, -0.2) is 0 Å². The van der Waals surface area contributed by atoms with Gasteiger partial charge in [-0.15, -0.1) is 11.8 Å². The second kappa shape index (κ2) is 8.69. The molecule has 6 heteroatoms. The van der Waals surface area contributed by atoms with Gasteiger partial charge < -0.3 is 15.0 Å². The number of carbonyl (C=O) groups is 2. The lowest BCUT2D eigenvalue weighted by Gasteiger charge is -2.23. The molecule has 2 amide bonds. The number of rotatable bonds is 6. The van der Waals surface area contributed by atoms with Crippen LogP contribution in [0.5, 0.6) is 5.75 Å². The zero-order chi connectivity index (χ0) is 19.3. The molecule has 1 atom stereocenters. The minimum absolute atomic E-state index is 0.0399. The standard InChI is InChI=1S/C22H24N2O3S/c25-21(13-27-19-10-9-17-7-4-8-18(17)11-19)24-15-28-14-20(24)22(26)23-12-16-5-2-1-3-6-16/h1-3,5-6,9-11,20H,4,7-8,12-15H2,(H,23,26)/t20-/m0/s1. The Morgan fingerprint density at radius 2 is 1.93 bits per heavy atom. The van der Waals surface area contributed by atoms with Gasteiger partial charge in [0.15, 0.2) is 6.61 Å². The Morgan fingerprint density at radius 1 is 1.11 bits per heavy atom. The summed E-state index contributed by atoms with van der Waals surface area (Å²) in [7, 11) is 0. The first kappa shape index (κ1) is 18.9. The maximum absolute atomic E-state index is 12.6. The van der Waals surface area contributed by atoms with Gasteiger partial charge in [-0.2, -0.15) is 0 Å². The summed E-state index contributed by atoms with van der Waals surface area (Å²) in [6.07, 6.45) is 3.38. The van der Waals surface area contributed by atoms with E-state index < -0.39 is 6.04 Å². The van der Waals surface area contributed by atoms with Crippen LogP contribution in [0.2, 0.25) is 0 Å². The Bertz CT molecular complexity index is 856. The van der Waals surface area contributed by atoms with Crippen molar-refractivity contribution in [1.82, 2.24) is 10.2 Å². The van der Waals surface area contributed by atoms with Crippen molar-refractivity contribution in [1.29, 1.82) is 0 Å². The van der Waals surface area contributed by atoms with E-state index in [1.165, 1.54) is 17.5 Å². The fraction of sp³-hybridized carbons (Fsp3) is 0.364. The van der Waals surface area contributed by atoms with Crippen molar-refractivity contribution in [3.63, 3.8) is 0 Å². The molecular formula is C22H24N2O3S. The predicted octanol–water partition coefficient (Wildman–Crippen LogP) is 2.77. The van der Waals surface area contributed by atoms with Crippen LogP contribution in [-0.2, 0) is 29.0 Å². The SMILES string of the molecule is O=C(NCc1ccccc1)[C@@H]1CSCN1C(=O)COc1ccc2c(c1)CCC2. The zero-order valence-corrected chi connectivity index (χ0v) is 16.5. The maximum Gasteiger partial charge on any atom is 0.261 e. The van der Waals surface area contributed by atoms with Crippen LogP contribution in [0.15, 0.2) is 48.5 Å². The largest absolute Gasteiger partial charge is 0.484 e. The predicted molar refractivity (Wildman–Crippen MR) is 110 cm³/mol. The van der Waals surface area contributed by atoms with E-state index in [4.69, 9.17) is 4.74 Å². The van der Waals surface area contributed by atoms with Crippen LogP contribution < -0.4 is 10.1 Å². The van der Waals surface area contributed by atoms with Crippen LogP contribution in [0.3, 0.4) is 0 Å². The smallest absolute Gasteiger partial charge is 0.261 e. The van der Waals surface area contributed by atoms with E-state index >= 15 is 0 Å². The first-order valence-corrected chi connectivity index (χ1v) is 10.8. The Kier molecular flexibility index (Phi) is 5.86. The van der Waals surface area contributed by atoms with E-state index in [2.05, 4.69) is 11.4 Å². The molecule has 0 saturated carbocycles. The monoisotopic (exact) mass is 396 g/mol. The molecule has 1 heterocycles. The summed E-state index contributed by atoms with van der Waals surface area (Å²) in [5.74, 6) is 1.61. The van der Waals surface area contributed by atoms with Gasteiger partial charge in [-0.1, -0.05) is 36.4 Å². The summed E-state index contributed by atoms with van der Waals surface area (Å²) >= 11 is 1.60. The number of carbonyl (C=O) groups excluding carboxylic acids is 2. The normalized spacial score (nSPS) is 18.0. The van der Waals surface area contributed by atoms with Gasteiger partial charge in [0, 0.05) is 12.3 Å². The maximum atomic E-state index is 12.6. The van der Waals surface area contributed by atoms with Crippen LogP contribution in [0.4, 0.5) is 0 Å². The third kappa shape index (κ3) is 4.33. The van der Waals surface area contributed by atoms with Crippen molar-refractivity contribution >= 4 is 23.6 Å². The molecule has 1 aliphatic carbocycles. The van der Waals surface area contributed by atoms with Crippen molar-refractivity contribution < 1.29 is 14.3 Å². The molecular weight excluding hydrogens is 372 g/mol. The van der Waals surface area contributed by atoms with Crippen molar-refractivity contribution in [2.75, 3.05) is 18.2 Å². The minimum atomic E-state index is -0.440. The minimum Gasteiger partial charge on any atom is -0.484 e. The molecule has 146 valence electrons. The molecule has 28 heavy (non-hydrogen) atoms. The van der Waals surface area contributed by atoms with E-state index in [9.17, 15) is 9.59 Å². The highest BCUT2D eigenvalue weighted by molar-refractivity contribution is 7.99. The van der Waals surface area contributed by atoms with Gasteiger partial charge in [-0.3, -0.25) is 9.59 Å². The first-order valence-electron chi connectivity index (χ1n) is 9.64. The number of benzene rings is 2. The highest BCUT2D eigenvalue weighted by Gasteiger charge is 2.34. The van der Waals surface area contributed by atoms with E-state index in [1.807, 2.05) is 42.5 Å². The molecule has 0 bridgehead atoms. The van der Waals surface area contributed by atoms with Gasteiger partial charge in [0.1, 0.15) is 11.8 Å². The Morgan fingerprint density at radius 3 is 2.79 bits per heavy atom. The quantitative estimate of drug-likeness (QED) is 0.816. The van der Waals surface area contributed by atoms with Gasteiger partial charge in [0.2, 0.25) is 5.91 Å². The molecule has 0 radical (unpaired) electrons. The summed E-state index contributed by atoms with van der Waals surface area (Å²) in [6, 6.07) is 15.4. The van der Waals surface area contributed by atoms with Crippen LogP contribution in [0.1, 0.15) is 23.1 Å². The Hall–Kier alpha value is -2.47. The molecule has 1 aliphatic heterocycles. The molecule has 2 aromatic carbocycles. The van der Waals surface area contributed by atoms with Crippen molar-refractivity contribution in [3.05, 3.63) is 65.2 Å². The molecule has 0 spiro atoms. The number of hydrogen-bond donors (Lipinski definition) is 1. The van der Waals surface area contributed by atoms with E-state index in [0.717, 1.165) is 24.2 Å². The number of nitrogens with zero attached hydrogens (tertiary/aromatic N) is 1. The molecule has 4 rings (SSSR count). The summed E-state index contributed by atoms with van der Waals surface area (Å²) in [5, 5.41) is 2.94. The Labute approximate surface area is 169 Å². The average Bonchev–Trinajstić information content (AvgIpc) is 3.40. The first-order chi connectivity index (χ1) is 13.7. The van der Waals surface area contributed by atoms with Gasteiger partial charge >= 0.3 is 0 Å². The molecule has 0 aromatic heterocycles. The molecule has 5 nitrogen and oxygen atoms in total. The third-order valence-electron chi connectivity index (χ3n) is 5.25. The highest BCUT2D eigenvalue weighted by atomic mass is 32.2. The van der Waals surface area contributed by atoms with Crippen LogP contribution in [0, 0.1) is 0 Å². The van der Waals surface area contributed by atoms with Gasteiger partial charge in [0.25, 0.3) is 5.91 Å². The van der Waals surface area contributed by atoms with Crippen LogP contribution in [0.25, 0.3) is 0 Å². The summed E-state index contributed by atoms with van der Waals surface area (Å²) in [5.41, 5.74) is 3.74. The lowest BCUT2D eigenvalue weighted by Crippen LogP contribution is -2.48. The number of ether oxygens (including phenoxy) is 1. The molecule has 2 aromatic rings. The van der Waals surface area contributed by atoms with Crippen molar-refractivity contribution in [3.8, 4) is 5.75 Å². The van der Waals surface area contributed by atoms with E-state index in [-0.39, 0.29) is 18.4 Å². The summed E-state index contributed by atoms with van der Waals surface area (Å²) in [6.45, 7) is 0.427. The average molecular weight is 397 g/mol. The third-order valence-corrected chi connectivity index (χ3v) is 6.26. The zero-order valence-electron chi connectivity index (χ0n) is 15.7. The van der Waals surface area contributed by atoms with Gasteiger partial charge in [-0.05, 0) is 48.1 Å². The topological polar surface area (TPSA) is 58.6 Å². The van der Waals surface area contributed by atoms with Crippen LogP contribution >= 0.6 is 11.8 Å². The number of thioether (sulfide) groups is 1. The van der Waals surface area contributed by atoms with E-state index in [1.54, 1.807) is 16.7 Å². The number of amides is 2. The Balaban J connectivity index is 1.31. The highest BCUT2D eigenvalue weighted by Crippen LogP contribution is 2.26. The summed E-state index contributed by atoms with van der Waals surface area (Å²) < 4.78 is 5.73. The molecule has 1 saturated heterocycles. The number of nitrogens with one attached hydrogen (secondary N) is 1. The number of fused-ring (bicyclic) bond motifs is 1. The number of aryl methyl sites for hydroxylation is 2. The molecule has 1 fully saturated rings. The van der Waals surface area contributed by atoms with Crippen molar-refractivity contribution in [2.45, 2.75) is 31.8 Å².